The molecule has 0 aliphatic carbocycles. The molecular formula is C26H26Cl2N8O3. The second-order valence-corrected chi connectivity index (χ2v) is 8.24. The van der Waals surface area contributed by atoms with E-state index in [9.17, 15) is 14.9 Å². The number of amides is 1. The number of non-ortho nitro benzene ring substituents is 1. The molecule has 0 bridgehead atoms. The molecule has 0 radical (unpaired) electrons. The summed E-state index contributed by atoms with van der Waals surface area (Å²) >= 11 is 0. The van der Waals surface area contributed by atoms with Gasteiger partial charge in [-0.15, -0.1) is 17.5 Å². The molecule has 4 rings (SSSR count). The smallest absolute Gasteiger partial charge is 0.276 e. The zero-order valence-electron chi connectivity index (χ0n) is 21.0. The van der Waals surface area contributed by atoms with Crippen LogP contribution < -0.4 is 39.1 Å². The molecule has 39 heavy (non-hydrogen) atoms. The van der Waals surface area contributed by atoms with E-state index in [1.54, 1.807) is 55.5 Å². The largest absolute Gasteiger partial charge is 1.00 e. The molecule has 11 nitrogen and oxygen atoms in total. The van der Waals surface area contributed by atoms with Gasteiger partial charge in [-0.3, -0.25) is 14.9 Å². The van der Waals surface area contributed by atoms with Crippen molar-refractivity contribution in [3.63, 3.8) is 0 Å². The second-order valence-electron chi connectivity index (χ2n) is 8.24. The average molecular weight is 569 g/mol. The van der Waals surface area contributed by atoms with Gasteiger partial charge in [-0.2, -0.15) is 5.10 Å². The van der Waals surface area contributed by atoms with E-state index >= 15 is 0 Å². The van der Waals surface area contributed by atoms with Gasteiger partial charge in [0.15, 0.2) is 6.20 Å². The highest BCUT2D eigenvalue weighted by molar-refractivity contribution is 6.05. The van der Waals surface area contributed by atoms with Gasteiger partial charge in [0.05, 0.1) is 27.8 Å². The number of nitrogens with one attached hydrogen (secondary N) is 2. The Labute approximate surface area is 236 Å². The fraction of sp³-hybridized carbons (Fsp3) is 0.0769. The Bertz CT molecular complexity index is 1550. The number of halogens is 2. The van der Waals surface area contributed by atoms with E-state index in [2.05, 4.69) is 20.8 Å². The number of nitro benzene ring substituents is 1. The Morgan fingerprint density at radius 3 is 2.15 bits per heavy atom. The van der Waals surface area contributed by atoms with Crippen molar-refractivity contribution >= 4 is 63.6 Å². The van der Waals surface area contributed by atoms with Crippen LogP contribution in [0.15, 0.2) is 89.2 Å². The minimum Gasteiger partial charge on any atom is -1.00 e. The van der Waals surface area contributed by atoms with Gasteiger partial charge in [0.2, 0.25) is 11.5 Å². The molecule has 3 aromatic carbocycles. The predicted octanol–water partition coefficient (Wildman–Crippen LogP) is 0.992. The number of carbonyl (C=O) groups excluding carboxylic acids is 1. The third-order valence-electron chi connectivity index (χ3n) is 5.63. The molecule has 0 aliphatic rings. The molecule has 4 aromatic rings. The number of rotatable bonds is 7. The summed E-state index contributed by atoms with van der Waals surface area (Å²) in [6, 6.07) is 20.8. The lowest BCUT2D eigenvalue weighted by Gasteiger charge is -2.10. The quantitative estimate of drug-likeness (QED) is 0.0852. The number of benzene rings is 3. The maximum Gasteiger partial charge on any atom is 0.276 e. The third kappa shape index (κ3) is 7.40. The van der Waals surface area contributed by atoms with Gasteiger partial charge in [-0.05, 0) is 55.0 Å². The molecule has 0 fully saturated rings. The summed E-state index contributed by atoms with van der Waals surface area (Å²) < 4.78 is 1.82. The molecular weight excluding hydrogens is 543 g/mol. The number of nitro groups is 1. The van der Waals surface area contributed by atoms with Crippen LogP contribution in [0.4, 0.5) is 22.7 Å². The van der Waals surface area contributed by atoms with Crippen molar-refractivity contribution in [2.45, 2.75) is 6.92 Å². The number of guanidine groups is 1. The van der Waals surface area contributed by atoms with Gasteiger partial charge in [0.1, 0.15) is 7.05 Å². The summed E-state index contributed by atoms with van der Waals surface area (Å²) in [5, 5.41) is 25.7. The van der Waals surface area contributed by atoms with Crippen molar-refractivity contribution in [1.29, 1.82) is 0 Å². The zero-order chi connectivity index (χ0) is 26.5. The summed E-state index contributed by atoms with van der Waals surface area (Å²) in [6.07, 6.45) is 1.83. The van der Waals surface area contributed by atoms with Crippen LogP contribution in [0.2, 0.25) is 0 Å². The highest BCUT2D eigenvalue weighted by Crippen LogP contribution is 2.27. The number of carbonyl (C=O) groups is 1. The molecule has 13 heteroatoms. The lowest BCUT2D eigenvalue weighted by molar-refractivity contribution is -0.644. The number of aryl methyl sites for hydroxylation is 1. The van der Waals surface area contributed by atoms with Gasteiger partial charge in [-0.25, -0.2) is 4.57 Å². The zero-order valence-corrected chi connectivity index (χ0v) is 22.5. The first-order valence-electron chi connectivity index (χ1n) is 11.2. The standard InChI is InChI=1S/C26H24N8O3.2ClH/c1-16(31-32-26(27)28)17-3-7-20(8-4-17)30-25(35)18-5-9-19(10-6-18)29-23-13-14-33(2)24-15-21(34(36)37)11-12-22(23)24;;/h3-15H,1-2H3,(H5,27,28,30,31,32,35);2*1H. The highest BCUT2D eigenvalue weighted by Gasteiger charge is 2.15. The van der Waals surface area contributed by atoms with Gasteiger partial charge in [0.25, 0.3) is 11.6 Å². The lowest BCUT2D eigenvalue weighted by atomic mass is 10.1. The molecule has 0 saturated heterocycles. The number of nitrogens with two attached hydrogens (primary N) is 2. The summed E-state index contributed by atoms with van der Waals surface area (Å²) in [5.74, 6) is -0.378. The van der Waals surface area contributed by atoms with E-state index in [0.717, 1.165) is 27.8 Å². The van der Waals surface area contributed by atoms with Crippen LogP contribution in [0.1, 0.15) is 22.8 Å². The Morgan fingerprint density at radius 1 is 0.923 bits per heavy atom. The van der Waals surface area contributed by atoms with Crippen LogP contribution in [0.3, 0.4) is 0 Å². The van der Waals surface area contributed by atoms with Gasteiger partial charge in [0, 0.05) is 29.1 Å². The van der Waals surface area contributed by atoms with Gasteiger partial charge < -0.3 is 34.5 Å². The van der Waals surface area contributed by atoms with Crippen molar-refractivity contribution in [3.05, 3.63) is 100 Å². The Kier molecular flexibility index (Phi) is 10.3. The summed E-state index contributed by atoms with van der Waals surface area (Å²) in [4.78, 5) is 23.5. The number of aromatic nitrogens is 1. The summed E-state index contributed by atoms with van der Waals surface area (Å²) in [7, 11) is 1.83. The number of pyridine rings is 1. The molecule has 1 aromatic heterocycles. The average Bonchev–Trinajstić information content (AvgIpc) is 2.89. The maximum absolute atomic E-state index is 12.7. The topological polar surface area (TPSA) is 165 Å². The number of fused-ring (bicyclic) bond motifs is 1. The molecule has 0 spiro atoms. The molecule has 1 heterocycles. The minimum absolute atomic E-state index is 0. The number of hydrogen-bond acceptors (Lipinski definition) is 6. The predicted molar refractivity (Wildman–Crippen MR) is 151 cm³/mol. The first-order chi connectivity index (χ1) is 17.7. The first kappa shape index (κ1) is 30.5. The summed E-state index contributed by atoms with van der Waals surface area (Å²) in [6.45, 7) is 1.78. The van der Waals surface area contributed by atoms with Crippen LogP contribution in [-0.2, 0) is 7.05 Å². The fourth-order valence-corrected chi connectivity index (χ4v) is 3.67. The van der Waals surface area contributed by atoms with E-state index in [0.29, 0.717) is 17.0 Å². The maximum atomic E-state index is 12.7. The minimum atomic E-state index is -0.415. The van der Waals surface area contributed by atoms with Crippen molar-refractivity contribution in [1.82, 2.24) is 0 Å². The normalized spacial score (nSPS) is 10.6. The summed E-state index contributed by atoms with van der Waals surface area (Å²) in [5.41, 5.74) is 15.4. The van der Waals surface area contributed by atoms with E-state index in [1.165, 1.54) is 6.07 Å². The number of hydrogen-bond donors (Lipinski definition) is 4. The van der Waals surface area contributed by atoms with Crippen molar-refractivity contribution in [3.8, 4) is 0 Å². The van der Waals surface area contributed by atoms with Crippen molar-refractivity contribution < 1.29 is 26.7 Å². The SMILES string of the molecule is C/C(=N\N=C(N)N)c1ccc(NC(=O)c2ccc(Nc3cc[n+](C)c4cc([N+](=O)[O-])ccc34)cc2)cc1.Cl.[Cl-]. The van der Waals surface area contributed by atoms with E-state index < -0.39 is 4.92 Å². The molecule has 202 valence electrons. The van der Waals surface area contributed by atoms with Crippen LogP contribution in [0.25, 0.3) is 10.9 Å². The van der Waals surface area contributed by atoms with Crippen LogP contribution in [0.5, 0.6) is 0 Å². The number of nitrogens with zero attached hydrogens (tertiary/aromatic N) is 4. The molecule has 1 amide bonds. The van der Waals surface area contributed by atoms with E-state index in [4.69, 9.17) is 11.5 Å². The fourth-order valence-electron chi connectivity index (χ4n) is 3.67. The second kappa shape index (κ2) is 13.2. The lowest BCUT2D eigenvalue weighted by Crippen LogP contribution is -3.00. The van der Waals surface area contributed by atoms with Crippen LogP contribution >= 0.6 is 12.4 Å². The van der Waals surface area contributed by atoms with Gasteiger partial charge in [-0.1, -0.05) is 12.1 Å². The van der Waals surface area contributed by atoms with Crippen LogP contribution in [0, 0.1) is 10.1 Å². The first-order valence-corrected chi connectivity index (χ1v) is 11.2. The Balaban J connectivity index is 0.00000267. The highest BCUT2D eigenvalue weighted by atomic mass is 35.5. The molecule has 0 saturated carbocycles. The van der Waals surface area contributed by atoms with Crippen molar-refractivity contribution in [2.75, 3.05) is 10.6 Å². The Hall–Kier alpha value is -4.74. The number of anilines is 3. The van der Waals surface area contributed by atoms with Crippen LogP contribution in [-0.4, -0.2) is 22.5 Å². The third-order valence-corrected chi connectivity index (χ3v) is 5.63. The van der Waals surface area contributed by atoms with Gasteiger partial charge >= 0.3 is 0 Å². The molecule has 0 atom stereocenters. The van der Waals surface area contributed by atoms with E-state index in [-0.39, 0.29) is 42.4 Å². The molecule has 0 aliphatic heterocycles. The van der Waals surface area contributed by atoms with E-state index in [1.807, 2.05) is 36.0 Å². The van der Waals surface area contributed by atoms with Crippen molar-refractivity contribution in [2.24, 2.45) is 28.7 Å². The molecule has 6 N–H and O–H groups in total. The Morgan fingerprint density at radius 2 is 1.54 bits per heavy atom. The monoisotopic (exact) mass is 568 g/mol. The molecule has 0 unspecified atom stereocenters.